The number of fused-ring (bicyclic) bond motifs is 5. The van der Waals surface area contributed by atoms with Gasteiger partial charge >= 0.3 is 0 Å². The molecule has 2 nitrogen and oxygen atoms in total. The second-order valence-electron chi connectivity index (χ2n) is 7.88. The van der Waals surface area contributed by atoms with Gasteiger partial charge in [0, 0.05) is 26.3 Å². The van der Waals surface area contributed by atoms with Crippen molar-refractivity contribution in [3.05, 3.63) is 0 Å². The van der Waals surface area contributed by atoms with Crippen LogP contribution in [0.25, 0.3) is 0 Å². The van der Waals surface area contributed by atoms with Crippen molar-refractivity contribution in [2.24, 2.45) is 29.1 Å². The van der Waals surface area contributed by atoms with Gasteiger partial charge in [0.2, 0.25) is 0 Å². The molecule has 0 aromatic heterocycles. The molecule has 19 heavy (non-hydrogen) atoms. The van der Waals surface area contributed by atoms with E-state index in [9.17, 15) is 0 Å². The molecule has 2 bridgehead atoms. The first kappa shape index (κ1) is 12.6. The molecule has 0 aliphatic heterocycles. The summed E-state index contributed by atoms with van der Waals surface area (Å²) < 4.78 is 5.27. The van der Waals surface area contributed by atoms with E-state index in [2.05, 4.69) is 5.32 Å². The minimum absolute atomic E-state index is 0.618. The summed E-state index contributed by atoms with van der Waals surface area (Å²) >= 11 is 0. The number of hydrogen-bond acceptors (Lipinski definition) is 2. The van der Waals surface area contributed by atoms with E-state index < -0.39 is 0 Å². The van der Waals surface area contributed by atoms with Gasteiger partial charge in [-0.15, -0.1) is 0 Å². The molecule has 0 saturated heterocycles. The van der Waals surface area contributed by atoms with Gasteiger partial charge < -0.3 is 10.1 Å². The van der Waals surface area contributed by atoms with Crippen LogP contribution in [0, 0.1) is 29.1 Å². The van der Waals surface area contributed by atoms with Gasteiger partial charge in [-0.05, 0) is 74.0 Å². The average molecular weight is 263 g/mol. The zero-order valence-corrected chi connectivity index (χ0v) is 12.4. The minimum Gasteiger partial charge on any atom is -0.385 e. The van der Waals surface area contributed by atoms with Crippen LogP contribution in [0.4, 0.5) is 0 Å². The monoisotopic (exact) mass is 263 g/mol. The van der Waals surface area contributed by atoms with E-state index >= 15 is 0 Å². The Morgan fingerprint density at radius 2 is 1.95 bits per heavy atom. The molecule has 4 fully saturated rings. The van der Waals surface area contributed by atoms with Crippen molar-refractivity contribution in [2.45, 2.75) is 57.4 Å². The normalized spacial score (nSPS) is 45.6. The standard InChI is InChI=1S/C17H29NO/c1-19-8-7-17(5-6-17)11-18-16-10-12-9-15(16)14-4-2-3-13(12)14/h12-16,18H,2-11H2,1H3. The largest absolute Gasteiger partial charge is 0.385 e. The Morgan fingerprint density at radius 1 is 1.11 bits per heavy atom. The van der Waals surface area contributed by atoms with Crippen LogP contribution in [-0.4, -0.2) is 26.3 Å². The second kappa shape index (κ2) is 4.73. The molecule has 0 spiro atoms. The Bertz CT molecular complexity index is 338. The molecule has 4 saturated carbocycles. The first-order chi connectivity index (χ1) is 9.31. The van der Waals surface area contributed by atoms with E-state index in [4.69, 9.17) is 4.74 Å². The predicted molar refractivity (Wildman–Crippen MR) is 77.0 cm³/mol. The SMILES string of the molecule is COCCC1(CNC2CC3CC2C2CCCC32)CC1. The maximum absolute atomic E-state index is 5.27. The number of ether oxygens (including phenoxy) is 1. The first-order valence-electron chi connectivity index (χ1n) is 8.54. The third-order valence-electron chi connectivity index (χ3n) is 6.96. The molecule has 0 radical (unpaired) electrons. The van der Waals surface area contributed by atoms with Gasteiger partial charge in [0.05, 0.1) is 0 Å². The summed E-state index contributed by atoms with van der Waals surface area (Å²) in [7, 11) is 1.83. The molecule has 0 amide bonds. The van der Waals surface area contributed by atoms with Gasteiger partial charge in [-0.1, -0.05) is 6.42 Å². The highest BCUT2D eigenvalue weighted by Crippen LogP contribution is 2.59. The molecule has 108 valence electrons. The van der Waals surface area contributed by atoms with Crippen LogP contribution in [0.3, 0.4) is 0 Å². The zero-order valence-electron chi connectivity index (χ0n) is 12.4. The number of hydrogen-bond donors (Lipinski definition) is 1. The lowest BCUT2D eigenvalue weighted by Gasteiger charge is -2.33. The average Bonchev–Trinajstić information content (AvgIpc) is 2.83. The fraction of sp³-hybridized carbons (Fsp3) is 1.00. The molecule has 2 heteroatoms. The van der Waals surface area contributed by atoms with Gasteiger partial charge in [0.25, 0.3) is 0 Å². The Kier molecular flexibility index (Phi) is 3.15. The number of nitrogens with one attached hydrogen (secondary N) is 1. The Balaban J connectivity index is 1.31. The van der Waals surface area contributed by atoms with Gasteiger partial charge in [0.1, 0.15) is 0 Å². The maximum atomic E-state index is 5.27. The van der Waals surface area contributed by atoms with E-state index in [1.807, 2.05) is 7.11 Å². The van der Waals surface area contributed by atoms with Crippen molar-refractivity contribution in [1.82, 2.24) is 5.32 Å². The molecule has 4 aliphatic carbocycles. The van der Waals surface area contributed by atoms with Crippen molar-refractivity contribution in [3.8, 4) is 0 Å². The minimum atomic E-state index is 0.618. The Labute approximate surface area is 117 Å². The summed E-state index contributed by atoms with van der Waals surface area (Å²) in [6.07, 6.45) is 11.8. The fourth-order valence-corrected chi connectivity index (χ4v) is 5.66. The lowest BCUT2D eigenvalue weighted by Crippen LogP contribution is -2.42. The van der Waals surface area contributed by atoms with Gasteiger partial charge in [-0.25, -0.2) is 0 Å². The van der Waals surface area contributed by atoms with E-state index in [1.54, 1.807) is 19.3 Å². The van der Waals surface area contributed by atoms with Crippen LogP contribution in [0.2, 0.25) is 0 Å². The van der Waals surface area contributed by atoms with Crippen LogP contribution in [-0.2, 0) is 4.74 Å². The summed E-state index contributed by atoms with van der Waals surface area (Å²) in [5, 5.41) is 3.98. The Morgan fingerprint density at radius 3 is 2.74 bits per heavy atom. The summed E-state index contributed by atoms with van der Waals surface area (Å²) in [6, 6.07) is 0.865. The number of rotatable bonds is 6. The molecular formula is C17H29NO. The molecule has 4 rings (SSSR count). The molecule has 1 N–H and O–H groups in total. The predicted octanol–water partition coefficient (Wildman–Crippen LogP) is 3.22. The van der Waals surface area contributed by atoms with Gasteiger partial charge in [0.15, 0.2) is 0 Å². The second-order valence-corrected chi connectivity index (χ2v) is 7.88. The smallest absolute Gasteiger partial charge is 0.0468 e. The van der Waals surface area contributed by atoms with Gasteiger partial charge in [-0.3, -0.25) is 0 Å². The molecule has 0 aromatic carbocycles. The third kappa shape index (κ3) is 2.15. The highest BCUT2D eigenvalue weighted by molar-refractivity contribution is 5.06. The highest BCUT2D eigenvalue weighted by atomic mass is 16.5. The lowest BCUT2D eigenvalue weighted by atomic mass is 9.79. The van der Waals surface area contributed by atoms with E-state index in [-0.39, 0.29) is 0 Å². The fourth-order valence-electron chi connectivity index (χ4n) is 5.66. The zero-order chi connectivity index (χ0) is 12.9. The molecular weight excluding hydrogens is 234 g/mol. The molecule has 4 aliphatic rings. The third-order valence-corrected chi connectivity index (χ3v) is 6.96. The topological polar surface area (TPSA) is 21.3 Å². The first-order valence-corrected chi connectivity index (χ1v) is 8.54. The number of methoxy groups -OCH3 is 1. The summed E-state index contributed by atoms with van der Waals surface area (Å²) in [5.41, 5.74) is 0.618. The highest BCUT2D eigenvalue weighted by Gasteiger charge is 2.54. The molecule has 5 atom stereocenters. The van der Waals surface area contributed by atoms with Crippen LogP contribution in [0.15, 0.2) is 0 Å². The van der Waals surface area contributed by atoms with Crippen LogP contribution in [0.1, 0.15) is 51.4 Å². The molecule has 0 heterocycles. The summed E-state index contributed by atoms with van der Waals surface area (Å²) in [5.74, 6) is 4.36. The van der Waals surface area contributed by atoms with E-state index in [0.717, 1.165) is 36.3 Å². The van der Waals surface area contributed by atoms with Crippen LogP contribution >= 0.6 is 0 Å². The molecule has 0 aromatic rings. The van der Waals surface area contributed by atoms with Crippen LogP contribution < -0.4 is 5.32 Å². The quantitative estimate of drug-likeness (QED) is 0.794. The maximum Gasteiger partial charge on any atom is 0.0468 e. The van der Waals surface area contributed by atoms with Crippen molar-refractivity contribution in [2.75, 3.05) is 20.3 Å². The van der Waals surface area contributed by atoms with Crippen molar-refractivity contribution >= 4 is 0 Å². The van der Waals surface area contributed by atoms with Crippen molar-refractivity contribution < 1.29 is 4.74 Å². The van der Waals surface area contributed by atoms with Crippen molar-refractivity contribution in [3.63, 3.8) is 0 Å². The van der Waals surface area contributed by atoms with E-state index in [0.29, 0.717) is 5.41 Å². The molecule has 5 unspecified atom stereocenters. The van der Waals surface area contributed by atoms with Crippen LogP contribution in [0.5, 0.6) is 0 Å². The lowest BCUT2D eigenvalue weighted by molar-refractivity contribution is 0.162. The summed E-state index contributed by atoms with van der Waals surface area (Å²) in [6.45, 7) is 2.21. The van der Waals surface area contributed by atoms with E-state index in [1.165, 1.54) is 38.6 Å². The van der Waals surface area contributed by atoms with Gasteiger partial charge in [-0.2, -0.15) is 0 Å². The summed E-state index contributed by atoms with van der Waals surface area (Å²) in [4.78, 5) is 0. The van der Waals surface area contributed by atoms with Crippen molar-refractivity contribution in [1.29, 1.82) is 0 Å². The Hall–Kier alpha value is -0.0800.